The van der Waals surface area contributed by atoms with Crippen LogP contribution in [0.3, 0.4) is 0 Å². The van der Waals surface area contributed by atoms with Crippen molar-refractivity contribution in [1.82, 2.24) is 0 Å². The van der Waals surface area contributed by atoms with E-state index in [1.54, 1.807) is 24.3 Å². The minimum atomic E-state index is -4.37. The number of rotatable bonds is 16. The second-order valence-electron chi connectivity index (χ2n) is 14.2. The average molecular weight is 1180 g/mol. The van der Waals surface area contributed by atoms with Gasteiger partial charge in [0.05, 0.1) is 65.9 Å². The number of hydrogen-bond donors (Lipinski definition) is 4. The Morgan fingerprint density at radius 3 is 1.08 bits per heavy atom. The first-order chi connectivity index (χ1) is 34.0. The zero-order chi connectivity index (χ0) is 52.9. The van der Waals surface area contributed by atoms with Gasteiger partial charge in [-0.3, -0.25) is 19.0 Å². The van der Waals surface area contributed by atoms with Gasteiger partial charge in [-0.05, 0) is 60.7 Å². The molecule has 0 aliphatic rings. The summed E-state index contributed by atoms with van der Waals surface area (Å²) >= 11 is 12.0. The second kappa shape index (κ2) is 31.2. The molecular weight excluding hydrogens is 1150 g/mol. The van der Waals surface area contributed by atoms with E-state index in [2.05, 4.69) is 40.5 Å². The Morgan fingerprint density at radius 2 is 0.776 bits per heavy atom. The molecule has 4 N–H and O–H groups in total. The SMILES string of the molecule is C/C([O-])=C(/N=Nc1cc(S(=O)(=O)Nc2ccccc2C(=O)[O-])ccc1[O-])C(=O)Nc1ccccc1Cl.C/C([O-])=C(/N=Nc1cc(S(=O)(=O)Nc2ccccc2C(=O)[O-])ccc1[O-])C(=O)Nc1ccccc1Cl.[Co+3].[Na+].[Na+].[Na+]. The van der Waals surface area contributed by atoms with Gasteiger partial charge in [0.15, 0.2) is 0 Å². The molecule has 2 amide bonds. The molecule has 0 heterocycles. The maximum atomic E-state index is 12.8. The number of anilines is 4. The van der Waals surface area contributed by atoms with Crippen molar-refractivity contribution in [3.63, 3.8) is 0 Å². The van der Waals surface area contributed by atoms with Crippen LogP contribution in [0.25, 0.3) is 0 Å². The normalized spacial score (nSPS) is 11.5. The van der Waals surface area contributed by atoms with Crippen LogP contribution in [0, 0.1) is 0 Å². The van der Waals surface area contributed by atoms with Crippen molar-refractivity contribution < 1.29 is 172 Å². The maximum absolute atomic E-state index is 12.8. The van der Waals surface area contributed by atoms with Gasteiger partial charge < -0.3 is 50.9 Å². The molecule has 378 valence electrons. The van der Waals surface area contributed by atoms with Gasteiger partial charge in [-0.15, -0.1) is 21.7 Å². The first-order valence-electron chi connectivity index (χ1n) is 20.0. The first-order valence-corrected chi connectivity index (χ1v) is 23.7. The fourth-order valence-corrected chi connectivity index (χ4v) is 8.20. The van der Waals surface area contributed by atoms with Crippen LogP contribution >= 0.6 is 23.2 Å². The predicted molar refractivity (Wildman–Crippen MR) is 250 cm³/mol. The monoisotopic (exact) mass is 1180 g/mol. The molecule has 6 aromatic rings. The summed E-state index contributed by atoms with van der Waals surface area (Å²) in [5.41, 5.74) is -3.20. The molecule has 0 bridgehead atoms. The van der Waals surface area contributed by atoms with E-state index in [-0.39, 0.29) is 138 Å². The van der Waals surface area contributed by atoms with Crippen LogP contribution in [-0.2, 0) is 46.4 Å². The summed E-state index contributed by atoms with van der Waals surface area (Å²) in [7, 11) is -8.75. The van der Waals surface area contributed by atoms with Crippen LogP contribution < -0.4 is 139 Å². The molecule has 0 aromatic heterocycles. The van der Waals surface area contributed by atoms with Crippen LogP contribution in [0.1, 0.15) is 34.6 Å². The number of amides is 2. The molecule has 0 aliphatic heterocycles. The number of carbonyl (C=O) groups is 4. The molecular formula is C46H32Cl2CoN8Na3O14S2. The Hall–Kier alpha value is -5.33. The van der Waals surface area contributed by atoms with Crippen molar-refractivity contribution >= 4 is 101 Å². The van der Waals surface area contributed by atoms with Crippen LogP contribution in [0.15, 0.2) is 187 Å². The van der Waals surface area contributed by atoms with Gasteiger partial charge in [0.25, 0.3) is 31.9 Å². The molecule has 0 atom stereocenters. The molecule has 0 unspecified atom stereocenters. The summed E-state index contributed by atoms with van der Waals surface area (Å²) < 4.78 is 55.4. The summed E-state index contributed by atoms with van der Waals surface area (Å²) in [6.45, 7) is 2.11. The molecule has 0 radical (unpaired) electrons. The number of benzene rings is 6. The van der Waals surface area contributed by atoms with E-state index in [1.165, 1.54) is 60.7 Å². The van der Waals surface area contributed by atoms with Crippen LogP contribution in [0.2, 0.25) is 10.0 Å². The van der Waals surface area contributed by atoms with Gasteiger partial charge >= 0.3 is 105 Å². The largest absolute Gasteiger partial charge is 3.00 e. The number of azo groups is 2. The minimum absolute atomic E-state index is 0. The topological polar surface area (TPSA) is 372 Å². The van der Waals surface area contributed by atoms with Crippen LogP contribution in [-0.4, -0.2) is 40.6 Å². The van der Waals surface area contributed by atoms with Crippen LogP contribution in [0.4, 0.5) is 34.1 Å². The van der Waals surface area contributed by atoms with E-state index < -0.39 is 111 Å². The number of hydrogen-bond acceptors (Lipinski definition) is 18. The zero-order valence-electron chi connectivity index (χ0n) is 40.1. The first kappa shape index (κ1) is 68.7. The van der Waals surface area contributed by atoms with Crippen LogP contribution in [0.5, 0.6) is 11.5 Å². The summed E-state index contributed by atoms with van der Waals surface area (Å²) in [4.78, 5) is 46.6. The van der Waals surface area contributed by atoms with Crippen molar-refractivity contribution in [2.24, 2.45) is 20.5 Å². The number of allylic oxidation sites excluding steroid dienone is 2. The smallest absolute Gasteiger partial charge is 0.874 e. The van der Waals surface area contributed by atoms with Gasteiger partial charge in [0.2, 0.25) is 0 Å². The van der Waals surface area contributed by atoms with Crippen molar-refractivity contribution in [3.05, 3.63) is 178 Å². The quantitative estimate of drug-likeness (QED) is 0.0305. The molecule has 6 rings (SSSR count). The molecule has 0 aliphatic carbocycles. The maximum Gasteiger partial charge on any atom is 3.00 e. The van der Waals surface area contributed by atoms with Gasteiger partial charge in [-0.1, -0.05) is 121 Å². The van der Waals surface area contributed by atoms with Gasteiger partial charge in [0, 0.05) is 11.1 Å². The molecule has 76 heavy (non-hydrogen) atoms. The fourth-order valence-electron chi connectivity index (χ4n) is 5.64. The summed E-state index contributed by atoms with van der Waals surface area (Å²) in [5.74, 6) is -8.14. The zero-order valence-corrected chi connectivity index (χ0v) is 50.3. The fraction of sp³-hybridized carbons (Fsp3) is 0.0435. The van der Waals surface area contributed by atoms with E-state index in [4.69, 9.17) is 23.2 Å². The van der Waals surface area contributed by atoms with Crippen molar-refractivity contribution in [3.8, 4) is 11.5 Å². The predicted octanol–water partition coefficient (Wildman–Crippen LogP) is -5.21. The van der Waals surface area contributed by atoms with E-state index in [1.807, 2.05) is 0 Å². The Bertz CT molecular complexity index is 3250. The van der Waals surface area contributed by atoms with Gasteiger partial charge in [-0.2, -0.15) is 10.2 Å². The number of sulfonamides is 2. The number of carbonyl (C=O) groups excluding carboxylic acids is 4. The van der Waals surface area contributed by atoms with E-state index in [0.29, 0.717) is 0 Å². The van der Waals surface area contributed by atoms with E-state index >= 15 is 0 Å². The third-order valence-corrected chi connectivity index (χ3v) is 12.5. The number of carboxylic acid groups (broad SMARTS) is 2. The average Bonchev–Trinajstić information content (AvgIpc) is 3.31. The van der Waals surface area contributed by atoms with E-state index in [0.717, 1.165) is 62.4 Å². The molecule has 0 spiro atoms. The summed E-state index contributed by atoms with van der Waals surface area (Å²) in [6.07, 6.45) is 0. The molecule has 6 aromatic carbocycles. The Labute approximate surface area is 520 Å². The minimum Gasteiger partial charge on any atom is -0.874 e. The Morgan fingerprint density at radius 1 is 0.474 bits per heavy atom. The third kappa shape index (κ3) is 19.0. The number of nitrogens with zero attached hydrogens (tertiary/aromatic N) is 4. The Balaban J connectivity index is 0.000000722. The molecule has 22 nitrogen and oxygen atoms in total. The number of para-hydroxylation sites is 4. The van der Waals surface area contributed by atoms with Crippen molar-refractivity contribution in [1.29, 1.82) is 0 Å². The number of nitrogens with one attached hydrogen (secondary N) is 4. The molecule has 0 fully saturated rings. The summed E-state index contributed by atoms with van der Waals surface area (Å²) in [6, 6.07) is 28.3. The molecule has 30 heteroatoms. The van der Waals surface area contributed by atoms with Gasteiger partial charge in [0.1, 0.15) is 11.4 Å². The molecule has 0 saturated carbocycles. The number of halogens is 2. The second-order valence-corrected chi connectivity index (χ2v) is 18.4. The number of carboxylic acids is 2. The van der Waals surface area contributed by atoms with Crippen molar-refractivity contribution in [2.75, 3.05) is 20.1 Å². The standard InChI is InChI=1S/2C23H19ClN4O7S.Co.3Na/c2*1-13(29)21(22(31)25-18-9-5-3-7-16(18)24)27-26-19-12-14(10-11-20(19)30)36(34,35)28-17-8-4-2-6-15(17)23(32)33;;;;/h2*2-12,28-30H,1H3,(H,25,31)(H,32,33);;;;/q;;+3;3*+1/p-6/b2*21-13-,27-26?;;;;. The molecule has 0 saturated heterocycles. The van der Waals surface area contributed by atoms with E-state index in [9.17, 15) is 66.7 Å². The Kier molecular flexibility index (Phi) is 28.2. The van der Waals surface area contributed by atoms with Gasteiger partial charge in [-0.25, -0.2) is 16.8 Å². The van der Waals surface area contributed by atoms with Crippen molar-refractivity contribution in [2.45, 2.75) is 23.6 Å². The summed E-state index contributed by atoms with van der Waals surface area (Å²) in [5, 5.41) is 90.4. The third-order valence-electron chi connectivity index (χ3n) is 9.12. The number of aromatic carboxylic acids is 2.